The van der Waals surface area contributed by atoms with Crippen LogP contribution in [-0.2, 0) is 16.1 Å². The van der Waals surface area contributed by atoms with E-state index < -0.39 is 0 Å². The summed E-state index contributed by atoms with van der Waals surface area (Å²) in [5.74, 6) is 0.981. The molecule has 0 spiro atoms. The smallest absolute Gasteiger partial charge is 0.278 e. The van der Waals surface area contributed by atoms with Crippen LogP contribution >= 0.6 is 0 Å². The maximum atomic E-state index is 12.7. The van der Waals surface area contributed by atoms with Gasteiger partial charge in [0, 0.05) is 18.6 Å². The zero-order chi connectivity index (χ0) is 17.8. The summed E-state index contributed by atoms with van der Waals surface area (Å²) < 4.78 is 5.18. The van der Waals surface area contributed by atoms with Gasteiger partial charge in [0.1, 0.15) is 5.75 Å². The Morgan fingerprint density at radius 1 is 1.16 bits per heavy atom. The number of methoxy groups -OCH3 is 1. The Morgan fingerprint density at radius 3 is 2.40 bits per heavy atom. The molecule has 25 heavy (non-hydrogen) atoms. The van der Waals surface area contributed by atoms with Gasteiger partial charge in [0.25, 0.3) is 11.8 Å². The van der Waals surface area contributed by atoms with Crippen LogP contribution in [0.2, 0.25) is 0 Å². The average Bonchev–Trinajstić information content (AvgIpc) is 3.47. The molecule has 0 radical (unpaired) electrons. The first-order valence-electron chi connectivity index (χ1n) is 9.08. The lowest BCUT2D eigenvalue weighted by Crippen LogP contribution is -3.11. The molecule has 1 aromatic rings. The van der Waals surface area contributed by atoms with E-state index in [2.05, 4.69) is 5.32 Å². The summed E-state index contributed by atoms with van der Waals surface area (Å²) in [6.07, 6.45) is 4.31. The summed E-state index contributed by atoms with van der Waals surface area (Å²) in [7, 11) is 3.55. The molecule has 2 aliphatic rings. The fourth-order valence-electron chi connectivity index (χ4n) is 2.94. The van der Waals surface area contributed by atoms with Crippen molar-refractivity contribution in [3.63, 3.8) is 0 Å². The van der Waals surface area contributed by atoms with Crippen molar-refractivity contribution in [2.75, 3.05) is 27.2 Å². The van der Waals surface area contributed by atoms with Gasteiger partial charge in [-0.2, -0.15) is 0 Å². The molecule has 136 valence electrons. The summed E-state index contributed by atoms with van der Waals surface area (Å²) in [6, 6.07) is 8.56. The fourth-order valence-corrected chi connectivity index (χ4v) is 2.94. The van der Waals surface area contributed by atoms with Crippen molar-refractivity contribution in [2.45, 2.75) is 44.3 Å². The second-order valence-electron chi connectivity index (χ2n) is 7.25. The Labute approximate surface area is 149 Å². The highest BCUT2D eigenvalue weighted by atomic mass is 16.5. The molecule has 3 rings (SSSR count). The maximum absolute atomic E-state index is 12.7. The fraction of sp³-hybridized carbons (Fsp3) is 0.579. The van der Waals surface area contributed by atoms with Crippen LogP contribution in [-0.4, -0.2) is 56.0 Å². The first-order valence-corrected chi connectivity index (χ1v) is 9.08. The molecule has 2 saturated carbocycles. The minimum absolute atomic E-state index is 0.0425. The number of carbonyl (C=O) groups excluding carboxylic acids is 2. The predicted molar refractivity (Wildman–Crippen MR) is 94.4 cm³/mol. The van der Waals surface area contributed by atoms with Gasteiger partial charge in [-0.3, -0.25) is 9.59 Å². The number of hydrogen-bond donors (Lipinski definition) is 2. The zero-order valence-electron chi connectivity index (χ0n) is 15.1. The van der Waals surface area contributed by atoms with E-state index in [1.807, 2.05) is 36.2 Å². The number of benzene rings is 1. The third-order valence-corrected chi connectivity index (χ3v) is 4.68. The first kappa shape index (κ1) is 17.7. The van der Waals surface area contributed by atoms with Crippen molar-refractivity contribution in [1.29, 1.82) is 0 Å². The molecule has 2 fully saturated rings. The van der Waals surface area contributed by atoms with Crippen LogP contribution in [0.25, 0.3) is 0 Å². The number of quaternary nitrogens is 1. The molecule has 0 aliphatic heterocycles. The summed E-state index contributed by atoms with van der Waals surface area (Å²) >= 11 is 0. The standard InChI is InChI=1S/C19H27N3O3/c1-21(12-18(23)20-15-5-6-15)13-19(24)22(16-7-8-16)11-14-3-9-17(25-2)10-4-14/h3-4,9-10,15-16H,5-8,11-13H2,1-2H3,(H,20,23)/p+1. The van der Waals surface area contributed by atoms with E-state index in [0.29, 0.717) is 31.7 Å². The molecule has 1 aromatic carbocycles. The molecule has 2 aliphatic carbocycles. The van der Waals surface area contributed by atoms with Crippen LogP contribution in [0.1, 0.15) is 31.2 Å². The Hall–Kier alpha value is -2.08. The zero-order valence-corrected chi connectivity index (χ0v) is 15.1. The molecule has 0 aromatic heterocycles. The minimum Gasteiger partial charge on any atom is -0.497 e. The van der Waals surface area contributed by atoms with Crippen molar-refractivity contribution in [3.8, 4) is 5.75 Å². The number of carbonyl (C=O) groups is 2. The largest absolute Gasteiger partial charge is 0.497 e. The van der Waals surface area contributed by atoms with Gasteiger partial charge >= 0.3 is 0 Å². The van der Waals surface area contributed by atoms with E-state index in [1.165, 1.54) is 0 Å². The number of rotatable bonds is 9. The molecular formula is C19H28N3O3+. The van der Waals surface area contributed by atoms with E-state index >= 15 is 0 Å². The van der Waals surface area contributed by atoms with E-state index in [-0.39, 0.29) is 11.8 Å². The van der Waals surface area contributed by atoms with Crippen molar-refractivity contribution in [3.05, 3.63) is 29.8 Å². The molecular weight excluding hydrogens is 318 g/mol. The monoisotopic (exact) mass is 346 g/mol. The normalized spacial score (nSPS) is 17.7. The van der Waals surface area contributed by atoms with Gasteiger partial charge in [-0.1, -0.05) is 12.1 Å². The number of likely N-dealkylation sites (N-methyl/N-ethyl adjacent to an activating group) is 1. The van der Waals surface area contributed by atoms with Crippen LogP contribution in [0.4, 0.5) is 0 Å². The highest BCUT2D eigenvalue weighted by Gasteiger charge is 2.34. The maximum Gasteiger partial charge on any atom is 0.278 e. The summed E-state index contributed by atoms with van der Waals surface area (Å²) in [4.78, 5) is 27.5. The number of ether oxygens (including phenoxy) is 1. The molecule has 6 heteroatoms. The molecule has 2 N–H and O–H groups in total. The number of hydrogen-bond acceptors (Lipinski definition) is 3. The highest BCUT2D eigenvalue weighted by molar-refractivity contribution is 5.79. The minimum atomic E-state index is 0.0425. The van der Waals surface area contributed by atoms with E-state index in [0.717, 1.165) is 41.9 Å². The second kappa shape index (κ2) is 7.87. The van der Waals surface area contributed by atoms with Crippen molar-refractivity contribution < 1.29 is 19.2 Å². The van der Waals surface area contributed by atoms with Gasteiger partial charge in [0.15, 0.2) is 13.1 Å². The molecule has 0 heterocycles. The predicted octanol–water partition coefficient (Wildman–Crippen LogP) is -0.0205. The van der Waals surface area contributed by atoms with Crippen LogP contribution < -0.4 is 15.0 Å². The van der Waals surface area contributed by atoms with Crippen LogP contribution in [0, 0.1) is 0 Å². The van der Waals surface area contributed by atoms with Crippen molar-refractivity contribution >= 4 is 11.8 Å². The van der Waals surface area contributed by atoms with Crippen LogP contribution in [0.3, 0.4) is 0 Å². The summed E-state index contributed by atoms with van der Waals surface area (Å²) in [5, 5.41) is 2.98. The SMILES string of the molecule is COc1ccc(CN(C(=O)C[NH+](C)CC(=O)NC2CC2)C2CC2)cc1. The van der Waals surface area contributed by atoms with Gasteiger partial charge in [-0.05, 0) is 43.4 Å². The lowest BCUT2D eigenvalue weighted by Gasteiger charge is -2.24. The Balaban J connectivity index is 1.52. The number of nitrogens with zero attached hydrogens (tertiary/aromatic N) is 1. The van der Waals surface area contributed by atoms with Gasteiger partial charge in [0.05, 0.1) is 14.2 Å². The molecule has 0 bridgehead atoms. The molecule has 1 unspecified atom stereocenters. The average molecular weight is 346 g/mol. The van der Waals surface area contributed by atoms with Crippen molar-refractivity contribution in [2.24, 2.45) is 0 Å². The first-order chi connectivity index (χ1) is 12.0. The Bertz CT molecular complexity index is 609. The van der Waals surface area contributed by atoms with Gasteiger partial charge in [-0.15, -0.1) is 0 Å². The Morgan fingerprint density at radius 2 is 1.84 bits per heavy atom. The third kappa shape index (κ3) is 5.46. The van der Waals surface area contributed by atoms with Gasteiger partial charge in [0.2, 0.25) is 0 Å². The second-order valence-corrected chi connectivity index (χ2v) is 7.25. The lowest BCUT2D eigenvalue weighted by molar-refractivity contribution is -0.863. The number of nitrogens with one attached hydrogen (secondary N) is 2. The van der Waals surface area contributed by atoms with Crippen molar-refractivity contribution in [1.82, 2.24) is 10.2 Å². The lowest BCUT2D eigenvalue weighted by atomic mass is 10.2. The van der Waals surface area contributed by atoms with E-state index in [1.54, 1.807) is 7.11 Å². The summed E-state index contributed by atoms with van der Waals surface area (Å²) in [5.41, 5.74) is 1.10. The van der Waals surface area contributed by atoms with Gasteiger partial charge < -0.3 is 19.9 Å². The van der Waals surface area contributed by atoms with Crippen LogP contribution in [0.15, 0.2) is 24.3 Å². The van der Waals surface area contributed by atoms with E-state index in [9.17, 15) is 9.59 Å². The van der Waals surface area contributed by atoms with Crippen LogP contribution in [0.5, 0.6) is 5.75 Å². The van der Waals surface area contributed by atoms with E-state index in [4.69, 9.17) is 4.74 Å². The molecule has 6 nitrogen and oxygen atoms in total. The quantitative estimate of drug-likeness (QED) is 0.661. The third-order valence-electron chi connectivity index (χ3n) is 4.68. The molecule has 1 atom stereocenters. The molecule has 0 saturated heterocycles. The van der Waals surface area contributed by atoms with Gasteiger partial charge in [-0.25, -0.2) is 0 Å². The number of amides is 2. The summed E-state index contributed by atoms with van der Waals surface area (Å²) in [6.45, 7) is 1.32. The Kier molecular flexibility index (Phi) is 5.58. The molecule has 2 amide bonds. The topological polar surface area (TPSA) is 63.1 Å². The highest BCUT2D eigenvalue weighted by Crippen LogP contribution is 2.28.